The quantitative estimate of drug-likeness (QED) is 0.743. The van der Waals surface area contributed by atoms with Gasteiger partial charge in [0.15, 0.2) is 6.61 Å². The van der Waals surface area contributed by atoms with Crippen molar-refractivity contribution in [3.05, 3.63) is 58.7 Å². The summed E-state index contributed by atoms with van der Waals surface area (Å²) >= 11 is 5.65. The molecule has 136 valence electrons. The van der Waals surface area contributed by atoms with E-state index in [0.717, 1.165) is 12.1 Å². The van der Waals surface area contributed by atoms with Crippen LogP contribution in [0.25, 0.3) is 0 Å². The molecule has 0 spiro atoms. The predicted molar refractivity (Wildman–Crippen MR) is 87.5 cm³/mol. The number of nitrogens with zero attached hydrogens (tertiary/aromatic N) is 1. The summed E-state index contributed by atoms with van der Waals surface area (Å²) in [6.07, 6.45) is 1.33. The van der Waals surface area contributed by atoms with Gasteiger partial charge >= 0.3 is 5.97 Å². The molecule has 0 saturated heterocycles. The SMILES string of the molecule is O=C(COC(=O)CNC(=O)c1ccc(F)cc1F)Nc1ccc(Cl)cn1. The number of pyridine rings is 1. The second-order valence-corrected chi connectivity index (χ2v) is 5.31. The van der Waals surface area contributed by atoms with E-state index in [-0.39, 0.29) is 5.82 Å². The summed E-state index contributed by atoms with van der Waals surface area (Å²) in [5, 5.41) is 4.87. The third-order valence-electron chi connectivity index (χ3n) is 2.93. The molecule has 0 aliphatic heterocycles. The molecule has 2 rings (SSSR count). The number of carbonyl (C=O) groups excluding carboxylic acids is 3. The van der Waals surface area contributed by atoms with Crippen LogP contribution < -0.4 is 10.6 Å². The zero-order chi connectivity index (χ0) is 19.1. The van der Waals surface area contributed by atoms with Gasteiger partial charge in [-0.15, -0.1) is 0 Å². The van der Waals surface area contributed by atoms with Crippen LogP contribution >= 0.6 is 11.6 Å². The number of halogens is 3. The number of hydrogen-bond acceptors (Lipinski definition) is 5. The van der Waals surface area contributed by atoms with Crippen LogP contribution in [-0.4, -0.2) is 35.9 Å². The fraction of sp³-hybridized carbons (Fsp3) is 0.125. The summed E-state index contributed by atoms with van der Waals surface area (Å²) < 4.78 is 30.9. The Balaban J connectivity index is 1.75. The first kappa shape index (κ1) is 19.3. The second kappa shape index (κ2) is 8.86. The number of ether oxygens (including phenoxy) is 1. The molecule has 0 saturated carbocycles. The highest BCUT2D eigenvalue weighted by atomic mass is 35.5. The molecule has 0 unspecified atom stereocenters. The number of nitrogens with one attached hydrogen (secondary N) is 2. The van der Waals surface area contributed by atoms with E-state index in [2.05, 4.69) is 20.4 Å². The van der Waals surface area contributed by atoms with Gasteiger partial charge in [-0.3, -0.25) is 14.4 Å². The van der Waals surface area contributed by atoms with Crippen molar-refractivity contribution >= 4 is 35.2 Å². The van der Waals surface area contributed by atoms with Gasteiger partial charge in [0, 0.05) is 12.3 Å². The van der Waals surface area contributed by atoms with E-state index in [1.165, 1.54) is 18.3 Å². The maximum absolute atomic E-state index is 13.4. The lowest BCUT2D eigenvalue weighted by Gasteiger charge is -2.08. The van der Waals surface area contributed by atoms with Crippen molar-refractivity contribution in [2.45, 2.75) is 0 Å². The molecular formula is C16H12ClF2N3O4. The van der Waals surface area contributed by atoms with Crippen LogP contribution in [-0.2, 0) is 14.3 Å². The van der Waals surface area contributed by atoms with Gasteiger partial charge in [-0.1, -0.05) is 11.6 Å². The minimum Gasteiger partial charge on any atom is -0.454 e. The molecule has 0 radical (unpaired) electrons. The van der Waals surface area contributed by atoms with E-state index >= 15 is 0 Å². The fourth-order valence-corrected chi connectivity index (χ4v) is 1.86. The van der Waals surface area contributed by atoms with Crippen LogP contribution in [0, 0.1) is 11.6 Å². The minimum atomic E-state index is -1.06. The van der Waals surface area contributed by atoms with Crippen molar-refractivity contribution in [3.63, 3.8) is 0 Å². The summed E-state index contributed by atoms with van der Waals surface area (Å²) in [6, 6.07) is 5.37. The summed E-state index contributed by atoms with van der Waals surface area (Å²) in [5.41, 5.74) is -0.425. The summed E-state index contributed by atoms with van der Waals surface area (Å²) in [5.74, 6) is -4.17. The average Bonchev–Trinajstić information content (AvgIpc) is 2.60. The number of aromatic nitrogens is 1. The van der Waals surface area contributed by atoms with Gasteiger partial charge in [0.2, 0.25) is 0 Å². The van der Waals surface area contributed by atoms with Crippen molar-refractivity contribution in [1.29, 1.82) is 0 Å². The Hall–Kier alpha value is -3.07. The highest BCUT2D eigenvalue weighted by Gasteiger charge is 2.14. The Labute approximate surface area is 151 Å². The van der Waals surface area contributed by atoms with Crippen LogP contribution in [0.2, 0.25) is 5.02 Å². The van der Waals surface area contributed by atoms with Crippen LogP contribution in [0.1, 0.15) is 10.4 Å². The molecular weight excluding hydrogens is 372 g/mol. The first-order valence-corrected chi connectivity index (χ1v) is 7.53. The lowest BCUT2D eigenvalue weighted by Crippen LogP contribution is -2.32. The van der Waals surface area contributed by atoms with Crippen LogP contribution in [0.4, 0.5) is 14.6 Å². The number of amides is 2. The van der Waals surface area contributed by atoms with E-state index in [1.54, 1.807) is 0 Å². The van der Waals surface area contributed by atoms with Gasteiger partial charge in [0.05, 0.1) is 10.6 Å². The lowest BCUT2D eigenvalue weighted by molar-refractivity contribution is -0.146. The van der Waals surface area contributed by atoms with E-state index < -0.39 is 48.1 Å². The van der Waals surface area contributed by atoms with Crippen LogP contribution in [0.15, 0.2) is 36.5 Å². The number of hydrogen-bond donors (Lipinski definition) is 2. The Morgan fingerprint density at radius 1 is 1.15 bits per heavy atom. The average molecular weight is 384 g/mol. The monoisotopic (exact) mass is 383 g/mol. The molecule has 1 aromatic heterocycles. The maximum atomic E-state index is 13.4. The molecule has 7 nitrogen and oxygen atoms in total. The fourth-order valence-electron chi connectivity index (χ4n) is 1.75. The third kappa shape index (κ3) is 5.78. The Bertz CT molecular complexity index is 831. The van der Waals surface area contributed by atoms with Crippen molar-refractivity contribution in [2.75, 3.05) is 18.5 Å². The number of anilines is 1. The molecule has 0 aliphatic rings. The van der Waals surface area contributed by atoms with E-state index in [1.807, 2.05) is 0 Å². The molecule has 2 N–H and O–H groups in total. The van der Waals surface area contributed by atoms with E-state index in [0.29, 0.717) is 11.1 Å². The third-order valence-corrected chi connectivity index (χ3v) is 3.15. The first-order valence-electron chi connectivity index (χ1n) is 7.15. The molecule has 1 aromatic carbocycles. The molecule has 2 amide bonds. The largest absolute Gasteiger partial charge is 0.454 e. The van der Waals surface area contributed by atoms with Gasteiger partial charge in [0.1, 0.15) is 24.0 Å². The molecule has 1 heterocycles. The van der Waals surface area contributed by atoms with Gasteiger partial charge < -0.3 is 15.4 Å². The van der Waals surface area contributed by atoms with Gasteiger partial charge in [0.25, 0.3) is 11.8 Å². The zero-order valence-corrected chi connectivity index (χ0v) is 13.8. The summed E-state index contributed by atoms with van der Waals surface area (Å²) in [4.78, 5) is 38.7. The summed E-state index contributed by atoms with van der Waals surface area (Å²) in [6.45, 7) is -1.20. The van der Waals surface area contributed by atoms with Gasteiger partial charge in [-0.05, 0) is 24.3 Å². The molecule has 26 heavy (non-hydrogen) atoms. The number of esters is 1. The molecule has 0 fully saturated rings. The predicted octanol–water partition coefficient (Wildman–Crippen LogP) is 1.92. The standard InChI is InChI=1S/C16H12ClF2N3O4/c17-9-1-4-13(20-6-9)22-14(23)8-26-15(24)7-21-16(25)11-3-2-10(18)5-12(11)19/h1-6H,7-8H2,(H,21,25)(H,20,22,23). The van der Waals surface area contributed by atoms with Gasteiger partial charge in [-0.25, -0.2) is 13.8 Å². The smallest absolute Gasteiger partial charge is 0.325 e. The summed E-state index contributed by atoms with van der Waals surface area (Å²) in [7, 11) is 0. The van der Waals surface area contributed by atoms with Crippen molar-refractivity contribution in [2.24, 2.45) is 0 Å². The molecule has 2 aromatic rings. The molecule has 10 heteroatoms. The first-order chi connectivity index (χ1) is 12.3. The Morgan fingerprint density at radius 2 is 1.92 bits per heavy atom. The van der Waals surface area contributed by atoms with Crippen molar-refractivity contribution in [3.8, 4) is 0 Å². The number of rotatable bonds is 6. The van der Waals surface area contributed by atoms with Crippen LogP contribution in [0.3, 0.4) is 0 Å². The highest BCUT2D eigenvalue weighted by molar-refractivity contribution is 6.30. The van der Waals surface area contributed by atoms with Gasteiger partial charge in [-0.2, -0.15) is 0 Å². The maximum Gasteiger partial charge on any atom is 0.325 e. The van der Waals surface area contributed by atoms with E-state index in [9.17, 15) is 23.2 Å². The number of benzene rings is 1. The zero-order valence-electron chi connectivity index (χ0n) is 13.1. The Morgan fingerprint density at radius 3 is 2.58 bits per heavy atom. The van der Waals surface area contributed by atoms with Crippen molar-refractivity contribution in [1.82, 2.24) is 10.3 Å². The van der Waals surface area contributed by atoms with E-state index in [4.69, 9.17) is 11.6 Å². The minimum absolute atomic E-state index is 0.218. The second-order valence-electron chi connectivity index (χ2n) is 4.88. The lowest BCUT2D eigenvalue weighted by atomic mass is 10.2. The molecule has 0 atom stereocenters. The topological polar surface area (TPSA) is 97.4 Å². The normalized spacial score (nSPS) is 10.1. The molecule has 0 bridgehead atoms. The van der Waals surface area contributed by atoms with Crippen molar-refractivity contribution < 1.29 is 27.9 Å². The highest BCUT2D eigenvalue weighted by Crippen LogP contribution is 2.10. The Kier molecular flexibility index (Phi) is 6.56. The van der Waals surface area contributed by atoms with Crippen LogP contribution in [0.5, 0.6) is 0 Å². The number of carbonyl (C=O) groups is 3. The molecule has 0 aliphatic carbocycles.